The van der Waals surface area contributed by atoms with E-state index in [1.165, 1.54) is 6.16 Å². The maximum absolute atomic E-state index is 9.19. The zero-order valence-corrected chi connectivity index (χ0v) is 25.2. The van der Waals surface area contributed by atoms with Crippen LogP contribution in [0.15, 0.2) is 48.5 Å². The monoisotopic (exact) mass is 586 g/mol. The van der Waals surface area contributed by atoms with Gasteiger partial charge in [-0.15, -0.1) is 41.5 Å². The Morgan fingerprint density at radius 2 is 1.30 bits per heavy atom. The van der Waals surface area contributed by atoms with E-state index in [0.717, 1.165) is 11.1 Å². The molecule has 0 spiro atoms. The molecule has 4 nitrogen and oxygen atoms in total. The number of benzene rings is 2. The second kappa shape index (κ2) is 14.0. The van der Waals surface area contributed by atoms with Crippen LogP contribution in [0.1, 0.15) is 62.3 Å². The zero-order chi connectivity index (χ0) is 25.4. The third-order valence-corrected chi connectivity index (χ3v) is 9.48. The van der Waals surface area contributed by atoms with Gasteiger partial charge in [0.25, 0.3) is 10.1 Å². The fourth-order valence-corrected chi connectivity index (χ4v) is 7.84. The predicted molar refractivity (Wildman–Crippen MR) is 144 cm³/mol. The Hall–Kier alpha value is -0.758. The largest absolute Gasteiger partial charge is 2.00 e. The van der Waals surface area contributed by atoms with Crippen LogP contribution in [0.3, 0.4) is 0 Å². The third kappa shape index (κ3) is 17.3. The van der Waals surface area contributed by atoms with E-state index < -0.39 is 10.1 Å². The van der Waals surface area contributed by atoms with E-state index >= 15 is 0 Å². The van der Waals surface area contributed by atoms with Crippen LogP contribution in [0.5, 0.6) is 0 Å². The molecule has 190 valence electrons. The Labute approximate surface area is 218 Å². The summed E-state index contributed by atoms with van der Waals surface area (Å²) in [7, 11) is -4.00. The quantitative estimate of drug-likeness (QED) is 0.167. The molecule has 0 radical (unpaired) electrons. The van der Waals surface area contributed by atoms with Crippen molar-refractivity contribution < 1.29 is 33.4 Å². The summed E-state index contributed by atoms with van der Waals surface area (Å²) < 4.78 is 25.9. The average molecular weight is 587 g/mol. The summed E-state index contributed by atoms with van der Waals surface area (Å²) >= 11 is 0. The summed E-state index contributed by atoms with van der Waals surface area (Å²) in [5.41, 5.74) is 10.6. The van der Waals surface area contributed by atoms with Gasteiger partial charge in [-0.05, 0) is 47.0 Å². The number of rotatable bonds is 2. The molecule has 2 aromatic carbocycles. The maximum Gasteiger partial charge on any atom is 2.00 e. The standard InChI is InChI=1S/C13H29P.C12H9N.CH4O3S.Pd/c1-11(2,3)10-14(12(4,5)6)13(7,8)9;13-12-9-5-4-8-11(12)10-6-2-1-3-7-10;1-5(2,3)4;/h10H2,1-9H3;1-6,8-9,13H;1H3,(H,2,3,4);/q;-2;;+2/p+1. The van der Waals surface area contributed by atoms with E-state index in [0.29, 0.717) is 27.7 Å². The van der Waals surface area contributed by atoms with Crippen molar-refractivity contribution in [2.75, 3.05) is 12.4 Å². The molecular weight excluding hydrogens is 544 g/mol. The molecule has 0 aliphatic carbocycles. The second-order valence-electron chi connectivity index (χ2n) is 11.3. The number of hydrogen-bond acceptors (Lipinski definition) is 2. The van der Waals surface area contributed by atoms with Crippen LogP contribution in [0.4, 0.5) is 5.69 Å². The normalized spacial score (nSPS) is 12.0. The van der Waals surface area contributed by atoms with Gasteiger partial charge in [-0.2, -0.15) is 14.1 Å². The molecule has 0 aliphatic heterocycles. The first-order chi connectivity index (χ1) is 14.2. The van der Waals surface area contributed by atoms with Crippen LogP contribution in [0.25, 0.3) is 16.9 Å². The van der Waals surface area contributed by atoms with Gasteiger partial charge in [0.2, 0.25) is 0 Å². The second-order valence-corrected chi connectivity index (χ2v) is 17.0. The van der Waals surface area contributed by atoms with Gasteiger partial charge in [0.05, 0.1) is 22.7 Å². The molecule has 0 saturated heterocycles. The summed E-state index contributed by atoms with van der Waals surface area (Å²) in [5.74, 6) is 0. The fraction of sp³-hybridized carbons (Fsp3) is 0.538. The molecule has 33 heavy (non-hydrogen) atoms. The molecule has 2 rings (SSSR count). The van der Waals surface area contributed by atoms with E-state index in [-0.39, 0.29) is 28.3 Å². The van der Waals surface area contributed by atoms with Crippen LogP contribution in [-0.4, -0.2) is 35.7 Å². The van der Waals surface area contributed by atoms with Gasteiger partial charge < -0.3 is 5.73 Å². The van der Waals surface area contributed by atoms with E-state index in [9.17, 15) is 8.42 Å². The first-order valence-electron chi connectivity index (χ1n) is 10.8. The molecule has 0 saturated carbocycles. The van der Waals surface area contributed by atoms with Gasteiger partial charge in [-0.1, -0.05) is 45.0 Å². The van der Waals surface area contributed by atoms with E-state index in [2.05, 4.69) is 68.4 Å². The minimum Gasteiger partial charge on any atom is -0.706 e. The molecular formula is C26H43NO3PPdS+. The summed E-state index contributed by atoms with van der Waals surface area (Å²) in [4.78, 5) is 0. The van der Waals surface area contributed by atoms with Crippen LogP contribution in [-0.2, 0) is 30.5 Å². The predicted octanol–water partition coefficient (Wildman–Crippen LogP) is 8.18. The van der Waals surface area contributed by atoms with E-state index in [4.69, 9.17) is 10.3 Å². The first kappa shape index (κ1) is 34.4. The molecule has 0 unspecified atom stereocenters. The van der Waals surface area contributed by atoms with Crippen LogP contribution >= 0.6 is 7.92 Å². The van der Waals surface area contributed by atoms with Gasteiger partial charge in [0.15, 0.2) is 0 Å². The van der Waals surface area contributed by atoms with Gasteiger partial charge in [-0.3, -0.25) is 4.55 Å². The van der Waals surface area contributed by atoms with Gasteiger partial charge in [-0.25, -0.2) is 0 Å². The topological polar surface area (TPSA) is 78.2 Å². The summed E-state index contributed by atoms with van der Waals surface area (Å²) in [6.07, 6.45) is 2.12. The molecule has 0 aliphatic rings. The van der Waals surface area contributed by atoms with Gasteiger partial charge in [0, 0.05) is 7.92 Å². The zero-order valence-electron chi connectivity index (χ0n) is 21.8. The van der Waals surface area contributed by atoms with Gasteiger partial charge in [0.1, 0.15) is 0 Å². The molecule has 0 atom stereocenters. The Kier molecular flexibility index (Phi) is 14.6. The van der Waals surface area contributed by atoms with Crippen molar-refractivity contribution in [2.24, 2.45) is 5.41 Å². The molecule has 0 fully saturated rings. The van der Waals surface area contributed by atoms with Crippen molar-refractivity contribution >= 4 is 23.7 Å². The summed E-state index contributed by atoms with van der Waals surface area (Å²) in [5, 5.41) is 1.02. The Morgan fingerprint density at radius 1 is 0.879 bits per heavy atom. The minimum absolute atomic E-state index is 0. The molecule has 0 amide bonds. The molecule has 0 heterocycles. The molecule has 2 aromatic rings. The minimum atomic E-state index is -3.67. The molecule has 7 heteroatoms. The van der Waals surface area contributed by atoms with Crippen LogP contribution in [0.2, 0.25) is 0 Å². The van der Waals surface area contributed by atoms with Crippen molar-refractivity contribution in [3.05, 3.63) is 60.3 Å². The Balaban J connectivity index is 0. The van der Waals surface area contributed by atoms with Crippen molar-refractivity contribution in [1.82, 2.24) is 0 Å². The van der Waals surface area contributed by atoms with E-state index in [1.807, 2.05) is 42.5 Å². The fourth-order valence-electron chi connectivity index (χ4n) is 3.46. The summed E-state index contributed by atoms with van der Waals surface area (Å²) in [6.45, 7) is 21.6. The average Bonchev–Trinajstić information content (AvgIpc) is 2.58. The van der Waals surface area contributed by atoms with Gasteiger partial charge >= 0.3 is 20.4 Å². The summed E-state index contributed by atoms with van der Waals surface area (Å²) in [6, 6.07) is 18.4. The molecule has 0 aromatic heterocycles. The maximum atomic E-state index is 9.19. The SMILES string of the molecule is CC(C)(C)C[PH+](C(C)(C)C)C(C)(C)C.CS(=O)(=O)O.[NH-]c1ccccc1-c1[c-]cccc1.[Pd+2]. The Bertz CT molecular complexity index is 891. The Morgan fingerprint density at radius 3 is 1.61 bits per heavy atom. The molecule has 2 N–H and O–H groups in total. The van der Waals surface area contributed by atoms with Crippen molar-refractivity contribution in [3.63, 3.8) is 0 Å². The van der Waals surface area contributed by atoms with Crippen LogP contribution in [0, 0.1) is 11.5 Å². The third-order valence-electron chi connectivity index (χ3n) is 4.44. The van der Waals surface area contributed by atoms with E-state index in [1.54, 1.807) is 6.07 Å². The van der Waals surface area contributed by atoms with Crippen LogP contribution < -0.4 is 0 Å². The molecule has 0 bridgehead atoms. The van der Waals surface area contributed by atoms with Crippen molar-refractivity contribution in [1.29, 1.82) is 0 Å². The number of hydrogen-bond donors (Lipinski definition) is 1. The van der Waals surface area contributed by atoms with Crippen molar-refractivity contribution in [3.8, 4) is 11.1 Å². The first-order valence-corrected chi connectivity index (χ1v) is 14.3. The van der Waals surface area contributed by atoms with Crippen molar-refractivity contribution in [2.45, 2.75) is 72.6 Å². The smallest absolute Gasteiger partial charge is 0.706 e. The number of nitrogens with one attached hydrogen (secondary N) is 1.